The molecule has 0 aromatic heterocycles. The smallest absolute Gasteiger partial charge is 0.306 e. The van der Waals surface area contributed by atoms with Gasteiger partial charge in [0.15, 0.2) is 0 Å². The number of hydrogen-bond acceptors (Lipinski definition) is 6. The molecule has 5 aliphatic carbocycles. The van der Waals surface area contributed by atoms with Crippen LogP contribution in [0.15, 0.2) is 12.2 Å². The van der Waals surface area contributed by atoms with Crippen LogP contribution in [0, 0.1) is 56.7 Å². The second-order valence-electron chi connectivity index (χ2n) is 16.7. The van der Waals surface area contributed by atoms with Crippen LogP contribution < -0.4 is 11.3 Å². The summed E-state index contributed by atoms with van der Waals surface area (Å²) in [5.74, 6) is 7.05. The molecule has 1 amide bonds. The van der Waals surface area contributed by atoms with Crippen LogP contribution in [-0.4, -0.2) is 30.6 Å². The molecule has 242 valence electrons. The van der Waals surface area contributed by atoms with Gasteiger partial charge >= 0.3 is 11.9 Å². The van der Waals surface area contributed by atoms with E-state index in [-0.39, 0.29) is 63.9 Å². The summed E-state index contributed by atoms with van der Waals surface area (Å²) >= 11 is 0. The summed E-state index contributed by atoms with van der Waals surface area (Å²) in [4.78, 5) is 36.3. The number of fused-ring (bicyclic) bond motifs is 7. The van der Waals surface area contributed by atoms with Crippen molar-refractivity contribution in [1.29, 1.82) is 0 Å². The summed E-state index contributed by atoms with van der Waals surface area (Å²) in [6.07, 6.45) is 11.5. The monoisotopic (exact) mass is 598 g/mol. The topological polar surface area (TPSA) is 108 Å². The lowest BCUT2D eigenvalue weighted by atomic mass is 9.32. The molecular formula is C36H58N2O5. The molecule has 0 radical (unpaired) electrons. The normalized spacial score (nSPS) is 44.6. The van der Waals surface area contributed by atoms with E-state index in [4.69, 9.17) is 15.3 Å². The first-order chi connectivity index (χ1) is 20.1. The molecule has 0 heterocycles. The van der Waals surface area contributed by atoms with Gasteiger partial charge in [0, 0.05) is 24.2 Å². The molecule has 5 aliphatic rings. The molecule has 3 N–H and O–H groups in total. The van der Waals surface area contributed by atoms with Gasteiger partial charge in [-0.3, -0.25) is 19.8 Å². The molecule has 0 bridgehead atoms. The fourth-order valence-corrected chi connectivity index (χ4v) is 12.5. The van der Waals surface area contributed by atoms with E-state index in [1.54, 1.807) is 6.92 Å². The van der Waals surface area contributed by atoms with E-state index in [2.05, 4.69) is 53.5 Å². The van der Waals surface area contributed by atoms with Gasteiger partial charge in [0.1, 0.15) is 6.10 Å². The predicted octanol–water partition coefficient (Wildman–Crippen LogP) is 6.89. The summed E-state index contributed by atoms with van der Waals surface area (Å²) in [7, 11) is 0. The van der Waals surface area contributed by atoms with Crippen LogP contribution in [0.2, 0.25) is 0 Å². The molecular weight excluding hydrogens is 540 g/mol. The van der Waals surface area contributed by atoms with Crippen molar-refractivity contribution in [3.05, 3.63) is 12.2 Å². The third-order valence-electron chi connectivity index (χ3n) is 14.7. The Morgan fingerprint density at radius 1 is 0.837 bits per heavy atom. The number of nitrogens with two attached hydrogens (primary N) is 1. The van der Waals surface area contributed by atoms with Crippen molar-refractivity contribution in [1.82, 2.24) is 5.43 Å². The molecule has 0 saturated heterocycles. The van der Waals surface area contributed by atoms with Crippen molar-refractivity contribution in [3.8, 4) is 0 Å². The van der Waals surface area contributed by atoms with E-state index in [0.717, 1.165) is 38.5 Å². The molecule has 5 saturated carbocycles. The Labute approximate surface area is 259 Å². The molecule has 10 atom stereocenters. The third-order valence-corrected chi connectivity index (χ3v) is 14.7. The fourth-order valence-electron chi connectivity index (χ4n) is 12.5. The summed E-state index contributed by atoms with van der Waals surface area (Å²) in [5, 5.41) is 0. The molecule has 0 spiro atoms. The zero-order chi connectivity index (χ0) is 31.6. The van der Waals surface area contributed by atoms with Gasteiger partial charge in [-0.15, -0.1) is 0 Å². The first-order valence-electron chi connectivity index (χ1n) is 17.0. The number of allylic oxidation sites excluding steroid dienone is 1. The Hall–Kier alpha value is -1.89. The lowest BCUT2D eigenvalue weighted by molar-refractivity contribution is -0.252. The van der Waals surface area contributed by atoms with Gasteiger partial charge in [-0.05, 0) is 117 Å². The van der Waals surface area contributed by atoms with Crippen molar-refractivity contribution in [2.75, 3.05) is 6.61 Å². The van der Waals surface area contributed by atoms with Crippen LogP contribution in [0.25, 0.3) is 0 Å². The largest absolute Gasteiger partial charge is 0.465 e. The third kappa shape index (κ3) is 4.98. The summed E-state index contributed by atoms with van der Waals surface area (Å²) in [6.45, 7) is 21.2. The maximum Gasteiger partial charge on any atom is 0.306 e. The maximum atomic E-state index is 12.7. The average molecular weight is 599 g/mol. The van der Waals surface area contributed by atoms with Gasteiger partial charge in [0.2, 0.25) is 5.91 Å². The number of nitrogens with one attached hydrogen (secondary N) is 1. The number of esters is 2. The van der Waals surface area contributed by atoms with Gasteiger partial charge in [-0.25, -0.2) is 5.84 Å². The molecule has 7 nitrogen and oxygen atoms in total. The van der Waals surface area contributed by atoms with Crippen molar-refractivity contribution < 1.29 is 23.9 Å². The SMILES string of the molecule is C=C(C)C1CCC2(COC(=O)CCC(=O)NN)CCC3(C)C(CCC4C5(C)CCC(OC(C)=O)C(C)(C)C5CCC43C)C12. The molecule has 10 unspecified atom stereocenters. The number of carbonyl (C=O) groups excluding carboxylic acids is 3. The number of rotatable bonds is 7. The quantitative estimate of drug-likeness (QED) is 0.109. The van der Waals surface area contributed by atoms with E-state index >= 15 is 0 Å². The number of hydrogen-bond donors (Lipinski definition) is 2. The van der Waals surface area contributed by atoms with Gasteiger partial charge < -0.3 is 9.47 Å². The number of amides is 1. The Morgan fingerprint density at radius 2 is 1.56 bits per heavy atom. The molecule has 0 aromatic rings. The highest BCUT2D eigenvalue weighted by atomic mass is 16.5. The predicted molar refractivity (Wildman–Crippen MR) is 167 cm³/mol. The molecule has 5 rings (SSSR count). The van der Waals surface area contributed by atoms with Crippen molar-refractivity contribution in [2.45, 2.75) is 132 Å². The molecule has 5 fully saturated rings. The van der Waals surface area contributed by atoms with Gasteiger partial charge in [-0.2, -0.15) is 0 Å². The first-order valence-corrected chi connectivity index (χ1v) is 17.0. The van der Waals surface area contributed by atoms with E-state index in [1.165, 1.54) is 31.3 Å². The Morgan fingerprint density at radius 3 is 2.21 bits per heavy atom. The van der Waals surface area contributed by atoms with Crippen LogP contribution in [0.1, 0.15) is 126 Å². The highest BCUT2D eigenvalue weighted by Crippen LogP contribution is 2.77. The minimum atomic E-state index is -0.346. The molecule has 0 aliphatic heterocycles. The molecule has 7 heteroatoms. The van der Waals surface area contributed by atoms with Crippen LogP contribution in [0.5, 0.6) is 0 Å². The number of carbonyl (C=O) groups is 3. The summed E-state index contributed by atoms with van der Waals surface area (Å²) in [5.41, 5.74) is 3.98. The van der Waals surface area contributed by atoms with E-state index in [1.807, 2.05) is 0 Å². The van der Waals surface area contributed by atoms with Crippen molar-refractivity contribution >= 4 is 17.8 Å². The summed E-state index contributed by atoms with van der Waals surface area (Å²) < 4.78 is 11.9. The van der Waals surface area contributed by atoms with Gasteiger partial charge in [-0.1, -0.05) is 46.8 Å². The van der Waals surface area contributed by atoms with Gasteiger partial charge in [0.25, 0.3) is 0 Å². The highest BCUT2D eigenvalue weighted by molar-refractivity contribution is 5.80. The van der Waals surface area contributed by atoms with Crippen molar-refractivity contribution in [2.24, 2.45) is 62.5 Å². The number of ether oxygens (including phenoxy) is 2. The fraction of sp³-hybridized carbons (Fsp3) is 0.861. The van der Waals surface area contributed by atoms with E-state index in [9.17, 15) is 14.4 Å². The summed E-state index contributed by atoms with van der Waals surface area (Å²) in [6, 6.07) is 0. The zero-order valence-corrected chi connectivity index (χ0v) is 28.0. The first kappa shape index (κ1) is 32.5. The molecule has 43 heavy (non-hydrogen) atoms. The second kappa shape index (κ2) is 11.2. The van der Waals surface area contributed by atoms with Crippen LogP contribution in [0.3, 0.4) is 0 Å². The Balaban J connectivity index is 1.42. The molecule has 0 aromatic carbocycles. The Bertz CT molecular complexity index is 1150. The minimum absolute atomic E-state index is 0.00290. The van der Waals surface area contributed by atoms with Crippen LogP contribution in [-0.2, 0) is 23.9 Å². The Kier molecular flexibility index (Phi) is 8.44. The standard InChI is InChI=1S/C36H58N2O5/c1-22(2)24-13-18-36(21-42-30(41)12-11-29(40)38-37)20-19-34(7)25(31(24)36)9-10-27-33(6)16-15-28(43-23(3)39)32(4,5)26(33)14-17-35(27,34)8/h24-28,31H,1,9-21,37H2,2-8H3,(H,38,40). The lowest BCUT2D eigenvalue weighted by Crippen LogP contribution is -2.67. The average Bonchev–Trinajstić information content (AvgIpc) is 3.32. The van der Waals surface area contributed by atoms with Crippen LogP contribution in [0.4, 0.5) is 0 Å². The highest BCUT2D eigenvalue weighted by Gasteiger charge is 2.71. The van der Waals surface area contributed by atoms with Crippen molar-refractivity contribution in [3.63, 3.8) is 0 Å². The van der Waals surface area contributed by atoms with E-state index < -0.39 is 0 Å². The van der Waals surface area contributed by atoms with Crippen LogP contribution >= 0.6 is 0 Å². The second-order valence-corrected chi connectivity index (χ2v) is 16.7. The minimum Gasteiger partial charge on any atom is -0.465 e. The lowest BCUT2D eigenvalue weighted by Gasteiger charge is -2.73. The number of hydrazine groups is 1. The van der Waals surface area contributed by atoms with Gasteiger partial charge in [0.05, 0.1) is 13.0 Å². The maximum absolute atomic E-state index is 12.7. The zero-order valence-electron chi connectivity index (χ0n) is 28.0. The van der Waals surface area contributed by atoms with E-state index in [0.29, 0.717) is 36.2 Å².